The Kier molecular flexibility index (Phi) is 4.74. The average molecular weight is 229 g/mol. The summed E-state index contributed by atoms with van der Waals surface area (Å²) in [5.74, 6) is -0.730. The van der Waals surface area contributed by atoms with E-state index in [0.717, 1.165) is 25.9 Å². The van der Waals surface area contributed by atoms with Crippen LogP contribution in [0.4, 0.5) is 0 Å². The molecule has 0 bridgehead atoms. The van der Waals surface area contributed by atoms with E-state index in [9.17, 15) is 9.90 Å². The number of carboxylic acids is 1. The predicted molar refractivity (Wildman–Crippen MR) is 62.6 cm³/mol. The molecule has 0 aromatic heterocycles. The van der Waals surface area contributed by atoms with E-state index in [0.29, 0.717) is 6.42 Å². The van der Waals surface area contributed by atoms with Gasteiger partial charge >= 0.3 is 5.97 Å². The normalized spacial score (nSPS) is 20.7. The van der Waals surface area contributed by atoms with Gasteiger partial charge in [0.1, 0.15) is 6.04 Å². The van der Waals surface area contributed by atoms with Crippen molar-refractivity contribution in [2.24, 2.45) is 0 Å². The lowest BCUT2D eigenvalue weighted by Gasteiger charge is -2.36. The van der Waals surface area contributed by atoms with E-state index in [4.69, 9.17) is 4.74 Å². The third-order valence-corrected chi connectivity index (χ3v) is 3.35. The van der Waals surface area contributed by atoms with Crippen molar-refractivity contribution >= 4 is 5.97 Å². The summed E-state index contributed by atoms with van der Waals surface area (Å²) in [6.45, 7) is 5.67. The van der Waals surface area contributed by atoms with Gasteiger partial charge in [-0.05, 0) is 39.8 Å². The summed E-state index contributed by atoms with van der Waals surface area (Å²) >= 11 is 0. The molecule has 1 rings (SSSR count). The number of carboxylic acid groups (broad SMARTS) is 1. The molecule has 0 saturated carbocycles. The molecular formula is C12H23NO3. The molecule has 0 amide bonds. The molecule has 0 spiro atoms. The zero-order valence-electron chi connectivity index (χ0n) is 10.5. The van der Waals surface area contributed by atoms with Gasteiger partial charge in [0.25, 0.3) is 0 Å². The van der Waals surface area contributed by atoms with E-state index < -0.39 is 12.0 Å². The first-order valence-corrected chi connectivity index (χ1v) is 5.98. The minimum Gasteiger partial charge on any atom is -0.480 e. The Morgan fingerprint density at radius 2 is 1.94 bits per heavy atom. The summed E-state index contributed by atoms with van der Waals surface area (Å²) < 4.78 is 5.32. The number of likely N-dealkylation sites (tertiary alicyclic amines) is 1. The molecule has 0 radical (unpaired) electrons. The molecule has 94 valence electrons. The van der Waals surface area contributed by atoms with Gasteiger partial charge in [-0.1, -0.05) is 6.42 Å². The topological polar surface area (TPSA) is 49.8 Å². The first-order chi connectivity index (χ1) is 7.46. The molecule has 1 heterocycles. The highest BCUT2D eigenvalue weighted by Crippen LogP contribution is 2.22. The fraction of sp³-hybridized carbons (Fsp3) is 0.917. The van der Waals surface area contributed by atoms with Crippen LogP contribution in [-0.2, 0) is 9.53 Å². The number of nitrogens with zero attached hydrogens (tertiary/aromatic N) is 1. The molecule has 1 atom stereocenters. The summed E-state index contributed by atoms with van der Waals surface area (Å²) in [6, 6.07) is -0.407. The largest absolute Gasteiger partial charge is 0.480 e. The summed E-state index contributed by atoms with van der Waals surface area (Å²) in [6.07, 6.45) is 3.98. The number of aliphatic carboxylic acids is 1. The molecule has 1 unspecified atom stereocenters. The summed E-state index contributed by atoms with van der Waals surface area (Å²) in [5, 5.41) is 9.29. The average Bonchev–Trinajstić information content (AvgIpc) is 2.27. The van der Waals surface area contributed by atoms with Crippen molar-refractivity contribution in [2.75, 3.05) is 20.2 Å². The van der Waals surface area contributed by atoms with Crippen LogP contribution in [0.2, 0.25) is 0 Å². The van der Waals surface area contributed by atoms with Crippen LogP contribution in [0.1, 0.15) is 39.5 Å². The van der Waals surface area contributed by atoms with Gasteiger partial charge in [-0.25, -0.2) is 0 Å². The number of methoxy groups -OCH3 is 1. The van der Waals surface area contributed by atoms with Gasteiger partial charge in [-0.2, -0.15) is 0 Å². The van der Waals surface area contributed by atoms with Gasteiger partial charge in [-0.3, -0.25) is 9.69 Å². The molecular weight excluding hydrogens is 206 g/mol. The molecule has 0 aromatic carbocycles. The smallest absolute Gasteiger partial charge is 0.321 e. The van der Waals surface area contributed by atoms with Crippen molar-refractivity contribution in [3.8, 4) is 0 Å². The van der Waals surface area contributed by atoms with E-state index >= 15 is 0 Å². The molecule has 1 N–H and O–H groups in total. The van der Waals surface area contributed by atoms with E-state index in [1.807, 2.05) is 13.8 Å². The number of ether oxygens (including phenoxy) is 1. The van der Waals surface area contributed by atoms with Crippen LogP contribution in [0, 0.1) is 0 Å². The van der Waals surface area contributed by atoms with Gasteiger partial charge in [0.05, 0.1) is 5.60 Å². The quantitative estimate of drug-likeness (QED) is 0.780. The van der Waals surface area contributed by atoms with Crippen LogP contribution < -0.4 is 0 Å². The minimum absolute atomic E-state index is 0.375. The monoisotopic (exact) mass is 229 g/mol. The van der Waals surface area contributed by atoms with Gasteiger partial charge in [0, 0.05) is 13.5 Å². The molecule has 1 aliphatic heterocycles. The van der Waals surface area contributed by atoms with Crippen molar-refractivity contribution < 1.29 is 14.6 Å². The summed E-state index contributed by atoms with van der Waals surface area (Å²) in [7, 11) is 1.63. The second kappa shape index (κ2) is 5.64. The number of hydrogen-bond donors (Lipinski definition) is 1. The van der Waals surface area contributed by atoms with Gasteiger partial charge < -0.3 is 9.84 Å². The van der Waals surface area contributed by atoms with E-state index in [-0.39, 0.29) is 5.60 Å². The minimum atomic E-state index is -0.730. The zero-order chi connectivity index (χ0) is 12.2. The van der Waals surface area contributed by atoms with Crippen LogP contribution >= 0.6 is 0 Å². The predicted octanol–water partition coefficient (Wildman–Crippen LogP) is 1.74. The first kappa shape index (κ1) is 13.5. The number of piperidine rings is 1. The second-order valence-corrected chi connectivity index (χ2v) is 5.12. The lowest BCUT2D eigenvalue weighted by molar-refractivity contribution is -0.146. The van der Waals surface area contributed by atoms with Crippen LogP contribution in [0.3, 0.4) is 0 Å². The van der Waals surface area contributed by atoms with Crippen LogP contribution in [0.25, 0.3) is 0 Å². The van der Waals surface area contributed by atoms with Gasteiger partial charge in [0.2, 0.25) is 0 Å². The van der Waals surface area contributed by atoms with E-state index in [2.05, 4.69) is 4.90 Å². The van der Waals surface area contributed by atoms with E-state index in [1.165, 1.54) is 6.42 Å². The Hall–Kier alpha value is -0.610. The van der Waals surface area contributed by atoms with Crippen molar-refractivity contribution in [1.29, 1.82) is 0 Å². The Morgan fingerprint density at radius 3 is 2.38 bits per heavy atom. The number of rotatable bonds is 5. The number of hydrogen-bond acceptors (Lipinski definition) is 3. The molecule has 1 saturated heterocycles. The maximum Gasteiger partial charge on any atom is 0.321 e. The maximum absolute atomic E-state index is 11.3. The molecule has 16 heavy (non-hydrogen) atoms. The highest BCUT2D eigenvalue weighted by atomic mass is 16.5. The lowest BCUT2D eigenvalue weighted by Crippen LogP contribution is -2.47. The standard InChI is InChI=1S/C12H23NO3/c1-12(2,16-3)9-10(11(14)15)13-7-5-4-6-8-13/h10H,4-9H2,1-3H3,(H,14,15). The highest BCUT2D eigenvalue weighted by Gasteiger charge is 2.32. The van der Waals surface area contributed by atoms with Gasteiger partial charge in [-0.15, -0.1) is 0 Å². The summed E-state index contributed by atoms with van der Waals surface area (Å²) in [5.41, 5.74) is -0.375. The Morgan fingerprint density at radius 1 is 1.38 bits per heavy atom. The molecule has 0 aromatic rings. The lowest BCUT2D eigenvalue weighted by atomic mass is 9.96. The Bertz CT molecular complexity index is 234. The highest BCUT2D eigenvalue weighted by molar-refractivity contribution is 5.73. The Balaban J connectivity index is 2.63. The SMILES string of the molecule is COC(C)(C)CC(C(=O)O)N1CCCCC1. The van der Waals surface area contributed by atoms with Crippen LogP contribution in [-0.4, -0.2) is 47.8 Å². The fourth-order valence-electron chi connectivity index (χ4n) is 2.15. The molecule has 4 heteroatoms. The van der Waals surface area contributed by atoms with Crippen molar-refractivity contribution in [3.05, 3.63) is 0 Å². The van der Waals surface area contributed by atoms with E-state index in [1.54, 1.807) is 7.11 Å². The number of carbonyl (C=O) groups is 1. The second-order valence-electron chi connectivity index (χ2n) is 5.12. The third-order valence-electron chi connectivity index (χ3n) is 3.35. The van der Waals surface area contributed by atoms with Crippen molar-refractivity contribution in [2.45, 2.75) is 51.2 Å². The maximum atomic E-state index is 11.3. The Labute approximate surface area is 97.6 Å². The third kappa shape index (κ3) is 3.76. The first-order valence-electron chi connectivity index (χ1n) is 5.98. The van der Waals surface area contributed by atoms with Crippen molar-refractivity contribution in [1.82, 2.24) is 4.90 Å². The fourth-order valence-corrected chi connectivity index (χ4v) is 2.15. The van der Waals surface area contributed by atoms with Crippen molar-refractivity contribution in [3.63, 3.8) is 0 Å². The summed E-state index contributed by atoms with van der Waals surface area (Å²) in [4.78, 5) is 13.4. The van der Waals surface area contributed by atoms with Gasteiger partial charge in [0.15, 0.2) is 0 Å². The molecule has 4 nitrogen and oxygen atoms in total. The molecule has 0 aliphatic carbocycles. The zero-order valence-corrected chi connectivity index (χ0v) is 10.5. The molecule has 1 aliphatic rings. The van der Waals surface area contributed by atoms with Crippen LogP contribution in [0.15, 0.2) is 0 Å². The van der Waals surface area contributed by atoms with Crippen LogP contribution in [0.5, 0.6) is 0 Å². The molecule has 1 fully saturated rings.